The van der Waals surface area contributed by atoms with Gasteiger partial charge in [0.25, 0.3) is 0 Å². The molecule has 3 aromatic rings. The number of Topliss-reactive ketones (excluding diaryl/α,β-unsaturated/α-hetero) is 1. The van der Waals surface area contributed by atoms with Crippen LogP contribution < -0.4 is 4.90 Å². The summed E-state index contributed by atoms with van der Waals surface area (Å²) >= 11 is 1.38. The van der Waals surface area contributed by atoms with Gasteiger partial charge in [0.1, 0.15) is 22.8 Å². The van der Waals surface area contributed by atoms with Crippen molar-refractivity contribution in [3.63, 3.8) is 0 Å². The lowest BCUT2D eigenvalue weighted by Gasteiger charge is -2.33. The number of carbonyl (C=O) groups is 1. The third-order valence-electron chi connectivity index (χ3n) is 8.39. The van der Waals surface area contributed by atoms with Crippen LogP contribution in [0.3, 0.4) is 0 Å². The van der Waals surface area contributed by atoms with Gasteiger partial charge in [0, 0.05) is 48.8 Å². The number of anilines is 1. The van der Waals surface area contributed by atoms with E-state index in [4.69, 9.17) is 4.98 Å². The van der Waals surface area contributed by atoms with Gasteiger partial charge >= 0.3 is 0 Å². The zero-order chi connectivity index (χ0) is 30.0. The van der Waals surface area contributed by atoms with Crippen LogP contribution in [0.4, 0.5) is 14.5 Å². The minimum absolute atomic E-state index is 0.00241. The number of benzene rings is 1. The SMILES string of the molecule is CC(C)[C@@H](C#N)CC(=O)[C@@H]1C[C@@H](F)CC[C@H]1c1nc(-c2cncc(F)c2)sc1-c1ccc(N2CCS(=O)(=O)CC2)cc1. The highest BCUT2D eigenvalue weighted by Crippen LogP contribution is 2.47. The van der Waals surface area contributed by atoms with Crippen LogP contribution in [0.15, 0.2) is 42.7 Å². The van der Waals surface area contributed by atoms with Crippen molar-refractivity contribution in [1.82, 2.24) is 9.97 Å². The molecule has 0 N–H and O–H groups in total. The highest BCUT2D eigenvalue weighted by molar-refractivity contribution is 7.91. The van der Waals surface area contributed by atoms with Crippen LogP contribution in [0.5, 0.6) is 0 Å². The molecule has 0 bridgehead atoms. The zero-order valence-corrected chi connectivity index (χ0v) is 25.3. The van der Waals surface area contributed by atoms with E-state index in [1.165, 1.54) is 17.4 Å². The average Bonchev–Trinajstić information content (AvgIpc) is 3.41. The van der Waals surface area contributed by atoms with E-state index in [0.29, 0.717) is 42.2 Å². The second kappa shape index (κ2) is 12.6. The van der Waals surface area contributed by atoms with Crippen molar-refractivity contribution in [2.24, 2.45) is 17.8 Å². The van der Waals surface area contributed by atoms with Crippen molar-refractivity contribution in [2.75, 3.05) is 29.5 Å². The number of aromatic nitrogens is 2. The number of pyridine rings is 1. The van der Waals surface area contributed by atoms with Crippen LogP contribution in [-0.4, -0.2) is 54.9 Å². The number of thiazole rings is 1. The molecule has 0 unspecified atom stereocenters. The Bertz CT molecular complexity index is 1570. The maximum Gasteiger partial charge on any atom is 0.153 e. The molecular formula is C31H34F2N4O3S2. The molecular weight excluding hydrogens is 578 g/mol. The fourth-order valence-corrected chi connectivity index (χ4v) is 8.16. The number of hydrogen-bond donors (Lipinski definition) is 0. The monoisotopic (exact) mass is 612 g/mol. The number of nitriles is 1. The van der Waals surface area contributed by atoms with Gasteiger partial charge in [0.05, 0.1) is 40.3 Å². The highest BCUT2D eigenvalue weighted by Gasteiger charge is 2.40. The lowest BCUT2D eigenvalue weighted by atomic mass is 9.72. The normalized spacial score (nSPS) is 23.0. The van der Waals surface area contributed by atoms with Gasteiger partial charge in [-0.05, 0) is 48.9 Å². The smallest absolute Gasteiger partial charge is 0.153 e. The number of alkyl halides is 1. The van der Waals surface area contributed by atoms with Gasteiger partial charge in [0.2, 0.25) is 0 Å². The van der Waals surface area contributed by atoms with Crippen LogP contribution in [-0.2, 0) is 14.6 Å². The first-order valence-corrected chi connectivity index (χ1v) is 16.9. The Morgan fingerprint density at radius 2 is 1.86 bits per heavy atom. The molecule has 5 rings (SSSR count). The summed E-state index contributed by atoms with van der Waals surface area (Å²) in [4.78, 5) is 25.4. The van der Waals surface area contributed by atoms with Crippen molar-refractivity contribution in [3.8, 4) is 27.1 Å². The van der Waals surface area contributed by atoms with Crippen LogP contribution >= 0.6 is 11.3 Å². The minimum Gasteiger partial charge on any atom is -0.369 e. The summed E-state index contributed by atoms with van der Waals surface area (Å²) < 4.78 is 52.6. The van der Waals surface area contributed by atoms with E-state index in [1.54, 1.807) is 6.20 Å². The van der Waals surface area contributed by atoms with Gasteiger partial charge in [-0.1, -0.05) is 26.0 Å². The van der Waals surface area contributed by atoms with E-state index in [1.807, 2.05) is 43.0 Å². The molecule has 0 amide bonds. The summed E-state index contributed by atoms with van der Waals surface area (Å²) in [5.41, 5.74) is 2.97. The largest absolute Gasteiger partial charge is 0.369 e. The molecule has 42 heavy (non-hydrogen) atoms. The van der Waals surface area contributed by atoms with Crippen LogP contribution in [0.1, 0.15) is 51.1 Å². The maximum atomic E-state index is 14.7. The van der Waals surface area contributed by atoms with Crippen molar-refractivity contribution in [1.29, 1.82) is 5.26 Å². The second-order valence-corrected chi connectivity index (χ2v) is 14.9. The molecule has 11 heteroatoms. The van der Waals surface area contributed by atoms with E-state index in [9.17, 15) is 27.3 Å². The van der Waals surface area contributed by atoms with E-state index in [0.717, 1.165) is 22.3 Å². The first-order valence-electron chi connectivity index (χ1n) is 14.3. The van der Waals surface area contributed by atoms with E-state index in [2.05, 4.69) is 11.1 Å². The zero-order valence-electron chi connectivity index (χ0n) is 23.7. The van der Waals surface area contributed by atoms with Crippen LogP contribution in [0.2, 0.25) is 0 Å². The maximum absolute atomic E-state index is 14.7. The molecule has 7 nitrogen and oxygen atoms in total. The number of halogens is 2. The standard InChI is InChI=1S/C31H34F2N4O3S2/c1-19(2)21(16-34)14-28(38)27-15-23(32)5-8-26(27)29-30(41-31(36-29)22-13-24(33)18-35-17-22)20-3-6-25(7-4-20)37-9-11-42(39,40)12-10-37/h3-4,6-7,13,17-19,21,23,26-27H,5,8-12,14-15H2,1-2H3/t21-,23+,26-,27-/m1/s1. The fraction of sp³-hybridized carbons (Fsp3) is 0.484. The number of ketones is 1. The Kier molecular flexibility index (Phi) is 9.04. The first-order chi connectivity index (χ1) is 20.0. The molecule has 4 atom stereocenters. The van der Waals surface area contributed by atoms with Gasteiger partial charge < -0.3 is 4.90 Å². The molecule has 1 saturated heterocycles. The highest BCUT2D eigenvalue weighted by atomic mass is 32.2. The van der Waals surface area contributed by atoms with E-state index < -0.39 is 33.7 Å². The van der Waals surface area contributed by atoms with Gasteiger partial charge in [-0.3, -0.25) is 9.78 Å². The number of hydrogen-bond acceptors (Lipinski definition) is 8. The van der Waals surface area contributed by atoms with Crippen LogP contribution in [0, 0.1) is 34.9 Å². The van der Waals surface area contributed by atoms with Gasteiger partial charge in [0.15, 0.2) is 9.84 Å². The molecule has 0 spiro atoms. The Morgan fingerprint density at radius 1 is 1.14 bits per heavy atom. The van der Waals surface area contributed by atoms with E-state index >= 15 is 0 Å². The lowest BCUT2D eigenvalue weighted by Crippen LogP contribution is -2.40. The second-order valence-electron chi connectivity index (χ2n) is 11.6. The summed E-state index contributed by atoms with van der Waals surface area (Å²) in [5.74, 6) is -1.76. The molecule has 1 aliphatic heterocycles. The van der Waals surface area contributed by atoms with E-state index in [-0.39, 0.29) is 42.0 Å². The quantitative estimate of drug-likeness (QED) is 0.297. The van der Waals surface area contributed by atoms with Gasteiger partial charge in [-0.2, -0.15) is 5.26 Å². The molecule has 1 aromatic carbocycles. The predicted molar refractivity (Wildman–Crippen MR) is 160 cm³/mol. The topological polar surface area (TPSA) is 104 Å². The van der Waals surface area contributed by atoms with Crippen molar-refractivity contribution >= 4 is 32.6 Å². The molecule has 222 valence electrons. The fourth-order valence-electron chi connectivity index (χ4n) is 5.84. The number of nitrogens with zero attached hydrogens (tertiary/aromatic N) is 4. The Labute approximate surface area is 249 Å². The molecule has 1 saturated carbocycles. The van der Waals surface area contributed by atoms with Crippen molar-refractivity contribution in [3.05, 3.63) is 54.2 Å². The molecule has 0 radical (unpaired) electrons. The minimum atomic E-state index is -3.00. The number of sulfone groups is 1. The molecule has 2 aliphatic rings. The predicted octanol–water partition coefficient (Wildman–Crippen LogP) is 6.22. The van der Waals surface area contributed by atoms with Crippen molar-refractivity contribution in [2.45, 2.75) is 51.6 Å². The lowest BCUT2D eigenvalue weighted by molar-refractivity contribution is -0.126. The summed E-state index contributed by atoms with van der Waals surface area (Å²) in [6.07, 6.45) is 2.48. The van der Waals surface area contributed by atoms with Crippen molar-refractivity contribution < 1.29 is 22.0 Å². The molecule has 2 fully saturated rings. The van der Waals surface area contributed by atoms with Gasteiger partial charge in [-0.15, -0.1) is 11.3 Å². The Morgan fingerprint density at radius 3 is 2.50 bits per heavy atom. The summed E-state index contributed by atoms with van der Waals surface area (Å²) in [7, 11) is -3.00. The van der Waals surface area contributed by atoms with Gasteiger partial charge in [-0.25, -0.2) is 22.2 Å². The summed E-state index contributed by atoms with van der Waals surface area (Å²) in [5, 5.41) is 10.2. The number of carbonyl (C=O) groups excluding carboxylic acids is 1. The molecule has 3 heterocycles. The Balaban J connectivity index is 1.52. The molecule has 1 aliphatic carbocycles. The third kappa shape index (κ3) is 6.70. The summed E-state index contributed by atoms with van der Waals surface area (Å²) in [6, 6.07) is 11.4. The molecule has 2 aromatic heterocycles. The average molecular weight is 613 g/mol. The summed E-state index contributed by atoms with van der Waals surface area (Å²) in [6.45, 7) is 4.67. The first kappa shape index (κ1) is 30.2. The Hall–Kier alpha value is -3.23. The third-order valence-corrected chi connectivity index (χ3v) is 11.2. The van der Waals surface area contributed by atoms with Crippen LogP contribution in [0.25, 0.3) is 21.0 Å². The number of rotatable bonds is 8.